The van der Waals surface area contributed by atoms with E-state index in [-0.39, 0.29) is 0 Å². The molecular weight excluding hydrogens is 2500 g/mol. The third-order valence-electron chi connectivity index (χ3n) is 16.8. The second kappa shape index (κ2) is 78.9. The lowest BCUT2D eigenvalue weighted by atomic mass is 11.8. The normalized spacial score (nSPS) is 22.4. The molecule has 0 rings (SSSR count). The van der Waals surface area contributed by atoms with Crippen LogP contribution in [-0.2, 0) is 177 Å². The van der Waals surface area contributed by atoms with E-state index in [0.717, 1.165) is 0 Å². The highest BCUT2D eigenvalue weighted by atomic mass is 28.5. The van der Waals surface area contributed by atoms with Gasteiger partial charge in [-0.05, 0) is 314 Å². The van der Waals surface area contributed by atoms with Gasteiger partial charge in [0.05, 0.1) is 0 Å². The van der Waals surface area contributed by atoms with Crippen LogP contribution in [0, 0.1) is 0 Å². The van der Waals surface area contributed by atoms with Crippen LogP contribution in [0.1, 0.15) is 0 Å². The van der Waals surface area contributed by atoms with E-state index >= 15 is 0 Å². The van der Waals surface area contributed by atoms with Crippen LogP contribution in [0.4, 0.5) is 0 Å². The monoisotopic (exact) mass is 2680 g/mol. The fourth-order valence-corrected chi connectivity index (χ4v) is 145. The molecule has 135 heavy (non-hydrogen) atoms. The van der Waals surface area contributed by atoms with E-state index < -0.39 is 407 Å². The van der Waals surface area contributed by atoms with Crippen LogP contribution in [0.5, 0.6) is 0 Å². The van der Waals surface area contributed by atoms with Gasteiger partial charge < -0.3 is 177 Å². The first-order valence-electron chi connectivity index (χ1n) is 47.5. The summed E-state index contributed by atoms with van der Waals surface area (Å²) in [6.07, 6.45) is 0. The number of hydrogen-bond acceptors (Lipinski definition) is 43. The Balaban J connectivity index is 4.58. The molecule has 0 aromatic heterocycles. The predicted octanol–water partition coefficient (Wildman–Crippen LogP) is -2.92. The highest BCUT2D eigenvalue weighted by Gasteiger charge is 2.36. The molecule has 0 heterocycles. The molecule has 0 aromatic carbocycles. The van der Waals surface area contributed by atoms with E-state index in [9.17, 15) is 0 Å². The molecule has 42 atom stereocenters. The van der Waals surface area contributed by atoms with Gasteiger partial charge in [0.25, 0.3) is 390 Å². The van der Waals surface area contributed by atoms with Gasteiger partial charge in [0.1, 0.15) is 0 Å². The average Bonchev–Trinajstić information content (AvgIpc) is 0.941. The summed E-state index contributed by atoms with van der Waals surface area (Å²) in [6, 6.07) is 0. The minimum atomic E-state index is -2.07. The molecule has 0 saturated heterocycles. The van der Waals surface area contributed by atoms with Crippen molar-refractivity contribution in [2.45, 2.75) is 314 Å². The van der Waals surface area contributed by atoms with Crippen molar-refractivity contribution in [1.82, 2.24) is 0 Å². The summed E-state index contributed by atoms with van der Waals surface area (Å²) < 4.78 is 271. The standard InChI is InChI=1S/C48H186O43Si44/c1-92(50-94(3)52-96(5)54-98(7)56-100(9)58-102(11)60-104(13)62-106(15)64-108(17)66-110(19)68-112(21)70-114(23)72-116(25)74-118(27)76-120(29)78-122(31)80-124(33)82-126(35)84-128(37)86-130(39)88-132(41)90-134(43,44)45)49-93(2)51-95(4)53-97(6)55-99(8)57-101(10)59-103(12)61-105(14)63-107(16)65-109(18)67-111(20)69-113(22)71-115(24)73-117(26)75-119(28)77-121(30)79-123(32)81-125(34)83-127(36)85-129(38)87-131(40)89-133(42)91-135(46,47)48/h92-133H,1-48H3. The van der Waals surface area contributed by atoms with Crippen molar-refractivity contribution in [1.29, 1.82) is 0 Å². The third kappa shape index (κ3) is 83.9. The maximum atomic E-state index is 6.35. The van der Waals surface area contributed by atoms with E-state index in [1.54, 1.807) is 0 Å². The lowest BCUT2D eigenvalue weighted by Gasteiger charge is -2.28. The second-order valence-electron chi connectivity index (χ2n) is 33.9. The van der Waals surface area contributed by atoms with E-state index in [0.29, 0.717) is 0 Å². The van der Waals surface area contributed by atoms with Crippen LogP contribution in [-0.4, -0.2) is 407 Å². The fourth-order valence-electron chi connectivity index (χ4n) is 13.4. The predicted molar refractivity (Wildman–Crippen MR) is 640 cm³/mol. The SMILES string of the molecule is C[SiH](O[SiH](C)O[SiH](C)O[SiH](C)O[SiH](C)O[SiH](C)O[SiH](C)O[SiH](C)O[SiH](C)O[SiH](C)O[SiH](C)O[SiH](C)O[SiH](C)O[SiH](C)O[SiH](C)O[SiH](C)O[SiH](C)O[SiH](C)O[SiH](C)O[SiH](C)O[SiH](C)O[SiH](C)O[Si](C)(C)C)O[SiH](C)O[SiH](C)O[SiH](C)O[SiH](C)O[SiH](C)O[SiH](C)O[SiH](C)O[SiH](C)O[SiH](C)O[SiH](C)O[SiH](C)O[SiH](C)O[SiH](C)O[SiH](C)O[SiH](C)O[SiH](C)O[SiH](C)O[SiH](C)O[SiH](C)O[SiH](C)O[Si](C)(C)C. The molecule has 0 radical (unpaired) electrons. The average molecular weight is 2690 g/mol. The molecule has 0 N–H and O–H groups in total. The Labute approximate surface area is 888 Å². The van der Waals surface area contributed by atoms with E-state index in [1.807, 2.05) is 262 Å². The van der Waals surface area contributed by atoms with Crippen molar-refractivity contribution < 1.29 is 177 Å². The molecule has 0 aliphatic carbocycles. The molecule has 0 bridgehead atoms. The van der Waals surface area contributed by atoms with Crippen molar-refractivity contribution in [2.75, 3.05) is 0 Å². The van der Waals surface area contributed by atoms with Crippen molar-refractivity contribution in [3.8, 4) is 0 Å². The first-order valence-corrected chi connectivity index (χ1v) is 142. The third-order valence-corrected chi connectivity index (χ3v) is 151. The van der Waals surface area contributed by atoms with Gasteiger partial charge >= 0.3 is 0 Å². The number of hydrogen-bond donors (Lipinski definition) is 0. The molecule has 0 fully saturated rings. The Kier molecular flexibility index (Phi) is 83.5. The largest absolute Gasteiger partial charge is 0.439 e. The van der Waals surface area contributed by atoms with Crippen LogP contribution >= 0.6 is 0 Å². The number of rotatable bonds is 86. The summed E-state index contributed by atoms with van der Waals surface area (Å²) in [6.45, 7) is 97.6. The summed E-state index contributed by atoms with van der Waals surface area (Å²) in [5, 5.41) is 0. The second-order valence-corrected chi connectivity index (χ2v) is 137. The molecule has 0 aliphatic heterocycles. The summed E-state index contributed by atoms with van der Waals surface area (Å²) >= 11 is 0. The summed E-state index contributed by atoms with van der Waals surface area (Å²) in [7, 11) is -87.9. The topological polar surface area (TPSA) is 397 Å². The minimum Gasteiger partial charge on any atom is -0.439 e. The maximum Gasteiger partial charge on any atom is 0.300 e. The Hall–Kier alpha value is 7.82. The van der Waals surface area contributed by atoms with Gasteiger partial charge in [0.2, 0.25) is 0 Å². The molecule has 43 nitrogen and oxygen atoms in total. The molecule has 0 aromatic rings. The molecule has 87 heteroatoms. The van der Waals surface area contributed by atoms with Crippen LogP contribution in [0.15, 0.2) is 0 Å². The van der Waals surface area contributed by atoms with Gasteiger partial charge in [-0.25, -0.2) is 0 Å². The van der Waals surface area contributed by atoms with Crippen molar-refractivity contribution in [2.24, 2.45) is 0 Å². The first kappa shape index (κ1) is 143. The minimum absolute atomic E-state index is 1.64. The molecule has 0 amide bonds. The van der Waals surface area contributed by atoms with Crippen LogP contribution in [0.25, 0.3) is 0 Å². The lowest BCUT2D eigenvalue weighted by Crippen LogP contribution is -2.44. The van der Waals surface area contributed by atoms with E-state index in [4.69, 9.17) is 177 Å². The van der Waals surface area contributed by atoms with Crippen LogP contribution < -0.4 is 0 Å². The van der Waals surface area contributed by atoms with Crippen LogP contribution in [0.2, 0.25) is 314 Å². The molecule has 0 aliphatic rings. The van der Waals surface area contributed by atoms with Gasteiger partial charge in [-0.1, -0.05) is 0 Å². The van der Waals surface area contributed by atoms with Gasteiger partial charge in [-0.3, -0.25) is 0 Å². The zero-order chi connectivity index (χ0) is 104. The van der Waals surface area contributed by atoms with Gasteiger partial charge in [-0.15, -0.1) is 0 Å². The Morgan fingerprint density at radius 1 is 0.0741 bits per heavy atom. The zero-order valence-electron chi connectivity index (χ0n) is 90.8. The zero-order valence-corrected chi connectivity index (χ0v) is 141. The summed E-state index contributed by atoms with van der Waals surface area (Å²) in [5.74, 6) is 0. The van der Waals surface area contributed by atoms with Crippen molar-refractivity contribution in [3.63, 3.8) is 0 Å². The van der Waals surface area contributed by atoms with Gasteiger partial charge in [-0.2, -0.15) is 0 Å². The van der Waals surface area contributed by atoms with E-state index in [1.165, 1.54) is 0 Å². The molecule has 0 spiro atoms. The molecule has 42 unspecified atom stereocenters. The Bertz CT molecular complexity index is 2600. The van der Waals surface area contributed by atoms with Crippen LogP contribution in [0.3, 0.4) is 0 Å². The molecule has 0 saturated carbocycles. The Morgan fingerprint density at radius 2 is 0.111 bits per heavy atom. The highest BCUT2D eigenvalue weighted by Crippen LogP contribution is 2.18. The maximum absolute atomic E-state index is 6.35. The van der Waals surface area contributed by atoms with Gasteiger partial charge in [0.15, 0.2) is 16.6 Å². The lowest BCUT2D eigenvalue weighted by molar-refractivity contribution is 0.296. The fraction of sp³-hybridized carbons (Fsp3) is 1.00. The quantitative estimate of drug-likeness (QED) is 0.0551. The smallest absolute Gasteiger partial charge is 0.300 e. The molecule has 812 valence electrons. The van der Waals surface area contributed by atoms with Gasteiger partial charge in [0, 0.05) is 0 Å². The highest BCUT2D eigenvalue weighted by molar-refractivity contribution is 6.82. The van der Waals surface area contributed by atoms with Crippen molar-refractivity contribution in [3.05, 3.63) is 0 Å². The Morgan fingerprint density at radius 3 is 0.148 bits per heavy atom. The van der Waals surface area contributed by atoms with Crippen molar-refractivity contribution >= 4 is 407 Å². The molecular formula is C48H186O43Si44. The van der Waals surface area contributed by atoms with E-state index in [2.05, 4.69) is 52.4 Å². The summed E-state index contributed by atoms with van der Waals surface area (Å²) in [4.78, 5) is 0. The summed E-state index contributed by atoms with van der Waals surface area (Å²) in [5.41, 5.74) is 0. The first-order chi connectivity index (χ1) is 62.2.